The summed E-state index contributed by atoms with van der Waals surface area (Å²) in [5, 5.41) is 8.06. The highest BCUT2D eigenvalue weighted by Crippen LogP contribution is 2.16. The Kier molecular flexibility index (Phi) is 3.16. The minimum Gasteiger partial charge on any atom is -0.423 e. The van der Waals surface area contributed by atoms with Gasteiger partial charge in [-0.25, -0.2) is 9.48 Å². The number of ether oxygens (including phenoxy) is 1. The fourth-order valence-electron chi connectivity index (χ4n) is 1.99. The van der Waals surface area contributed by atoms with Gasteiger partial charge in [0.05, 0.1) is 11.1 Å². The lowest BCUT2D eigenvalue weighted by atomic mass is 10.2. The van der Waals surface area contributed by atoms with E-state index in [0.29, 0.717) is 16.8 Å². The molecule has 5 nitrogen and oxygen atoms in total. The zero-order chi connectivity index (χ0) is 13.9. The zero-order valence-corrected chi connectivity index (χ0v) is 11.0. The second-order valence-corrected chi connectivity index (χ2v) is 4.31. The van der Waals surface area contributed by atoms with E-state index in [9.17, 15) is 4.79 Å². The number of carbonyl (C=O) groups excluding carboxylic acids is 1. The van der Waals surface area contributed by atoms with Crippen molar-refractivity contribution in [2.75, 3.05) is 0 Å². The number of aromatic nitrogens is 3. The van der Waals surface area contributed by atoms with Gasteiger partial charge < -0.3 is 4.74 Å². The van der Waals surface area contributed by atoms with Crippen LogP contribution in [0.4, 0.5) is 0 Å². The maximum Gasteiger partial charge on any atom is 0.343 e. The van der Waals surface area contributed by atoms with Gasteiger partial charge in [0.2, 0.25) is 0 Å². The van der Waals surface area contributed by atoms with Gasteiger partial charge in [-0.3, -0.25) is 0 Å². The SMILES string of the molecule is CCn1nnc2cc(C(=O)Oc3ccccc3)ccc21. The fourth-order valence-corrected chi connectivity index (χ4v) is 1.99. The zero-order valence-electron chi connectivity index (χ0n) is 11.0. The summed E-state index contributed by atoms with van der Waals surface area (Å²) in [5.41, 5.74) is 2.06. The van der Waals surface area contributed by atoms with Crippen molar-refractivity contribution in [3.8, 4) is 5.75 Å². The largest absolute Gasteiger partial charge is 0.423 e. The van der Waals surface area contributed by atoms with Gasteiger partial charge in [0, 0.05) is 6.54 Å². The number of hydrogen-bond acceptors (Lipinski definition) is 4. The van der Waals surface area contributed by atoms with E-state index < -0.39 is 5.97 Å². The second kappa shape index (κ2) is 5.13. The molecular formula is C15H13N3O2. The van der Waals surface area contributed by atoms with Crippen LogP contribution in [0, 0.1) is 0 Å². The predicted molar refractivity (Wildman–Crippen MR) is 74.6 cm³/mol. The van der Waals surface area contributed by atoms with Gasteiger partial charge in [0.1, 0.15) is 11.3 Å². The number of aryl methyl sites for hydroxylation is 1. The van der Waals surface area contributed by atoms with Gasteiger partial charge in [-0.2, -0.15) is 0 Å². The van der Waals surface area contributed by atoms with E-state index in [4.69, 9.17) is 4.74 Å². The third kappa shape index (κ3) is 2.25. The first-order valence-electron chi connectivity index (χ1n) is 6.38. The molecule has 0 bridgehead atoms. The van der Waals surface area contributed by atoms with E-state index in [1.54, 1.807) is 28.9 Å². The summed E-state index contributed by atoms with van der Waals surface area (Å²) in [6.45, 7) is 2.73. The molecule has 0 saturated heterocycles. The molecule has 5 heteroatoms. The van der Waals surface area contributed by atoms with Gasteiger partial charge in [0.25, 0.3) is 0 Å². The molecule has 0 saturated carbocycles. The minimum absolute atomic E-state index is 0.399. The molecular weight excluding hydrogens is 254 g/mol. The normalized spacial score (nSPS) is 10.7. The van der Waals surface area contributed by atoms with E-state index in [1.165, 1.54) is 0 Å². The van der Waals surface area contributed by atoms with Crippen LogP contribution < -0.4 is 4.74 Å². The van der Waals surface area contributed by atoms with E-state index >= 15 is 0 Å². The highest BCUT2D eigenvalue weighted by atomic mass is 16.5. The molecule has 0 N–H and O–H groups in total. The van der Waals surface area contributed by atoms with Gasteiger partial charge in [0.15, 0.2) is 0 Å². The molecule has 0 amide bonds. The molecule has 0 spiro atoms. The number of benzene rings is 2. The lowest BCUT2D eigenvalue weighted by Crippen LogP contribution is -2.08. The average molecular weight is 267 g/mol. The molecule has 1 aromatic heterocycles. The average Bonchev–Trinajstić information content (AvgIpc) is 2.90. The van der Waals surface area contributed by atoms with E-state index in [1.807, 2.05) is 31.2 Å². The van der Waals surface area contributed by atoms with Crippen LogP contribution >= 0.6 is 0 Å². The van der Waals surface area contributed by atoms with E-state index in [2.05, 4.69) is 10.3 Å². The predicted octanol–water partition coefficient (Wildman–Crippen LogP) is 2.67. The molecule has 0 aliphatic carbocycles. The van der Waals surface area contributed by atoms with Crippen LogP contribution in [0.3, 0.4) is 0 Å². The van der Waals surface area contributed by atoms with Crippen LogP contribution in [0.25, 0.3) is 11.0 Å². The maximum atomic E-state index is 12.1. The Morgan fingerprint density at radius 3 is 2.75 bits per heavy atom. The summed E-state index contributed by atoms with van der Waals surface area (Å²) in [4.78, 5) is 12.1. The van der Waals surface area contributed by atoms with Crippen molar-refractivity contribution in [1.29, 1.82) is 0 Å². The Labute approximate surface area is 115 Å². The van der Waals surface area contributed by atoms with Gasteiger partial charge in [-0.05, 0) is 37.3 Å². The fraction of sp³-hybridized carbons (Fsp3) is 0.133. The molecule has 0 radical (unpaired) electrons. The quantitative estimate of drug-likeness (QED) is 0.540. The Bertz CT molecular complexity index is 750. The van der Waals surface area contributed by atoms with Crippen molar-refractivity contribution in [2.45, 2.75) is 13.5 Å². The van der Waals surface area contributed by atoms with Crippen LogP contribution in [-0.4, -0.2) is 21.0 Å². The van der Waals surface area contributed by atoms with Crippen LogP contribution in [-0.2, 0) is 6.54 Å². The third-order valence-corrected chi connectivity index (χ3v) is 3.00. The Hall–Kier alpha value is -2.69. The van der Waals surface area contributed by atoms with Crippen molar-refractivity contribution < 1.29 is 9.53 Å². The van der Waals surface area contributed by atoms with E-state index in [0.717, 1.165) is 12.1 Å². The number of carbonyl (C=O) groups is 1. The number of fused-ring (bicyclic) bond motifs is 1. The molecule has 1 heterocycles. The van der Waals surface area contributed by atoms with Crippen LogP contribution in [0.2, 0.25) is 0 Å². The number of rotatable bonds is 3. The van der Waals surface area contributed by atoms with Crippen LogP contribution in [0.15, 0.2) is 48.5 Å². The summed E-state index contributed by atoms with van der Waals surface area (Å²) in [5.74, 6) is 0.124. The Balaban J connectivity index is 1.88. The molecule has 0 aliphatic heterocycles. The van der Waals surface area contributed by atoms with E-state index in [-0.39, 0.29) is 0 Å². The number of esters is 1. The number of para-hydroxylation sites is 1. The maximum absolute atomic E-state index is 12.1. The molecule has 20 heavy (non-hydrogen) atoms. The lowest BCUT2D eigenvalue weighted by Gasteiger charge is -2.04. The summed E-state index contributed by atoms with van der Waals surface area (Å²) < 4.78 is 7.07. The van der Waals surface area contributed by atoms with Crippen LogP contribution in [0.1, 0.15) is 17.3 Å². The highest BCUT2D eigenvalue weighted by molar-refractivity contribution is 5.94. The molecule has 0 atom stereocenters. The number of nitrogens with zero attached hydrogens (tertiary/aromatic N) is 3. The van der Waals surface area contributed by atoms with Crippen LogP contribution in [0.5, 0.6) is 5.75 Å². The summed E-state index contributed by atoms with van der Waals surface area (Å²) in [6.07, 6.45) is 0. The van der Waals surface area contributed by atoms with Crippen molar-refractivity contribution in [3.05, 3.63) is 54.1 Å². The molecule has 2 aromatic carbocycles. The standard InChI is InChI=1S/C15H13N3O2/c1-2-18-14-9-8-11(10-13(14)16-17-18)15(19)20-12-6-4-3-5-7-12/h3-10H,2H2,1H3. The summed E-state index contributed by atoms with van der Waals surface area (Å²) in [7, 11) is 0. The van der Waals surface area contributed by atoms with Gasteiger partial charge >= 0.3 is 5.97 Å². The Morgan fingerprint density at radius 2 is 2.00 bits per heavy atom. The first-order chi connectivity index (χ1) is 9.78. The first kappa shape index (κ1) is 12.3. The second-order valence-electron chi connectivity index (χ2n) is 4.31. The topological polar surface area (TPSA) is 57.0 Å². The molecule has 3 rings (SSSR count). The van der Waals surface area contributed by atoms with Crippen molar-refractivity contribution >= 4 is 17.0 Å². The van der Waals surface area contributed by atoms with Crippen molar-refractivity contribution in [1.82, 2.24) is 15.0 Å². The van der Waals surface area contributed by atoms with Crippen molar-refractivity contribution in [3.63, 3.8) is 0 Å². The summed E-state index contributed by atoms with van der Waals surface area (Å²) in [6, 6.07) is 14.2. The molecule has 100 valence electrons. The first-order valence-corrected chi connectivity index (χ1v) is 6.38. The molecule has 3 aromatic rings. The Morgan fingerprint density at radius 1 is 1.20 bits per heavy atom. The lowest BCUT2D eigenvalue weighted by molar-refractivity contribution is 0.0735. The van der Waals surface area contributed by atoms with Crippen molar-refractivity contribution in [2.24, 2.45) is 0 Å². The molecule has 0 fully saturated rings. The smallest absolute Gasteiger partial charge is 0.343 e. The monoisotopic (exact) mass is 267 g/mol. The highest BCUT2D eigenvalue weighted by Gasteiger charge is 2.11. The minimum atomic E-state index is -0.399. The van der Waals surface area contributed by atoms with Gasteiger partial charge in [-0.15, -0.1) is 5.10 Å². The third-order valence-electron chi connectivity index (χ3n) is 3.00. The summed E-state index contributed by atoms with van der Waals surface area (Å²) >= 11 is 0. The number of hydrogen-bond donors (Lipinski definition) is 0. The van der Waals surface area contributed by atoms with Gasteiger partial charge in [-0.1, -0.05) is 23.4 Å². The molecule has 0 unspecified atom stereocenters. The molecule has 0 aliphatic rings.